The second-order valence-electron chi connectivity index (χ2n) is 2.09. The molecule has 0 saturated heterocycles. The van der Waals surface area contributed by atoms with E-state index >= 15 is 0 Å². The summed E-state index contributed by atoms with van der Waals surface area (Å²) in [6.45, 7) is 8.61. The summed E-state index contributed by atoms with van der Waals surface area (Å²) in [7, 11) is 0. The van der Waals surface area contributed by atoms with Gasteiger partial charge in [-0.15, -0.1) is 0 Å². The van der Waals surface area contributed by atoms with Crippen LogP contribution in [0.2, 0.25) is 0 Å². The summed E-state index contributed by atoms with van der Waals surface area (Å²) in [4.78, 5) is 0. The first-order valence-corrected chi connectivity index (χ1v) is 3.39. The molecule has 1 N–H and O–H groups in total. The van der Waals surface area contributed by atoms with Gasteiger partial charge in [0.25, 0.3) is 0 Å². The molecule has 49 valence electrons. The second kappa shape index (κ2) is 5.10. The molecule has 0 spiro atoms. The summed E-state index contributed by atoms with van der Waals surface area (Å²) >= 11 is 0. The van der Waals surface area contributed by atoms with Gasteiger partial charge in [-0.25, -0.2) is 0 Å². The van der Waals surface area contributed by atoms with E-state index in [2.05, 4.69) is 32.6 Å². The van der Waals surface area contributed by atoms with Crippen LogP contribution in [0.4, 0.5) is 0 Å². The van der Waals surface area contributed by atoms with Crippen molar-refractivity contribution >= 4 is 0 Å². The maximum absolute atomic E-state index is 3.26. The van der Waals surface area contributed by atoms with E-state index in [1.165, 1.54) is 6.42 Å². The van der Waals surface area contributed by atoms with Crippen LogP contribution in [0.5, 0.6) is 0 Å². The molecular weight excluding hydrogens is 98.1 g/mol. The molecule has 1 radical (unpaired) electrons. The van der Waals surface area contributed by atoms with Crippen molar-refractivity contribution in [1.82, 2.24) is 5.32 Å². The monoisotopic (exact) mass is 114 g/mol. The molecule has 0 bridgehead atoms. The molecule has 0 heterocycles. The predicted octanol–water partition coefficient (Wildman–Crippen LogP) is 1.95. The van der Waals surface area contributed by atoms with Gasteiger partial charge in [-0.05, 0) is 19.8 Å². The van der Waals surface area contributed by atoms with Crippen LogP contribution in [0.25, 0.3) is 0 Å². The summed E-state index contributed by atoms with van der Waals surface area (Å²) in [5, 5.41) is 3.26. The molecule has 0 aliphatic rings. The van der Waals surface area contributed by atoms with E-state index in [-0.39, 0.29) is 0 Å². The van der Waals surface area contributed by atoms with Crippen LogP contribution in [0.1, 0.15) is 33.6 Å². The Morgan fingerprint density at radius 3 is 2.50 bits per heavy atom. The third-order valence-electron chi connectivity index (χ3n) is 1.22. The Balaban J connectivity index is 2.86. The van der Waals surface area contributed by atoms with Crippen molar-refractivity contribution < 1.29 is 0 Å². The largest absolute Gasteiger partial charge is 0.310 e. The number of hydrogen-bond acceptors (Lipinski definition) is 1. The molecular formula is C7H16N. The van der Waals surface area contributed by atoms with Crippen LogP contribution in [0.15, 0.2) is 0 Å². The predicted molar refractivity (Wildman–Crippen MR) is 37.5 cm³/mol. The van der Waals surface area contributed by atoms with E-state index in [0.29, 0.717) is 6.04 Å². The fraction of sp³-hybridized carbons (Fsp3) is 0.857. The van der Waals surface area contributed by atoms with Crippen LogP contribution in [0.3, 0.4) is 0 Å². The van der Waals surface area contributed by atoms with Gasteiger partial charge in [0.1, 0.15) is 0 Å². The molecule has 0 rings (SSSR count). The van der Waals surface area contributed by atoms with Gasteiger partial charge in [0.05, 0.1) is 0 Å². The summed E-state index contributed by atoms with van der Waals surface area (Å²) < 4.78 is 0. The molecule has 1 heteroatoms. The SMILES string of the molecule is CC[CH]NC(C)CC. The van der Waals surface area contributed by atoms with Crippen molar-refractivity contribution in [3.05, 3.63) is 6.54 Å². The highest BCUT2D eigenvalue weighted by atomic mass is 14.9. The van der Waals surface area contributed by atoms with E-state index in [4.69, 9.17) is 0 Å². The highest BCUT2D eigenvalue weighted by Gasteiger charge is 1.92. The second-order valence-corrected chi connectivity index (χ2v) is 2.09. The third kappa shape index (κ3) is 4.13. The van der Waals surface area contributed by atoms with Crippen molar-refractivity contribution in [3.8, 4) is 0 Å². The normalized spacial score (nSPS) is 13.9. The van der Waals surface area contributed by atoms with Gasteiger partial charge < -0.3 is 5.32 Å². The maximum Gasteiger partial charge on any atom is 0.0221 e. The maximum atomic E-state index is 3.26. The first-order valence-electron chi connectivity index (χ1n) is 3.39. The molecule has 0 amide bonds. The minimum absolute atomic E-state index is 0.648. The molecule has 8 heavy (non-hydrogen) atoms. The first kappa shape index (κ1) is 7.96. The Hall–Kier alpha value is -0.0400. The molecule has 0 aliphatic carbocycles. The summed E-state index contributed by atoms with van der Waals surface area (Å²) in [5.74, 6) is 0. The highest BCUT2D eigenvalue weighted by molar-refractivity contribution is 4.64. The fourth-order valence-corrected chi connectivity index (χ4v) is 0.437. The van der Waals surface area contributed by atoms with Crippen molar-refractivity contribution in [3.63, 3.8) is 0 Å². The third-order valence-corrected chi connectivity index (χ3v) is 1.22. The quantitative estimate of drug-likeness (QED) is 0.589. The Morgan fingerprint density at radius 1 is 1.50 bits per heavy atom. The van der Waals surface area contributed by atoms with Crippen molar-refractivity contribution in [2.45, 2.75) is 39.7 Å². The topological polar surface area (TPSA) is 12.0 Å². The first-order chi connectivity index (χ1) is 3.81. The molecule has 1 nitrogen and oxygen atoms in total. The van der Waals surface area contributed by atoms with E-state index in [0.717, 1.165) is 6.42 Å². The lowest BCUT2D eigenvalue weighted by atomic mass is 10.2. The minimum atomic E-state index is 0.648. The van der Waals surface area contributed by atoms with Gasteiger partial charge in [0, 0.05) is 12.6 Å². The van der Waals surface area contributed by atoms with Crippen LogP contribution in [-0.4, -0.2) is 6.04 Å². The van der Waals surface area contributed by atoms with Gasteiger partial charge in [0.15, 0.2) is 0 Å². The number of hydrogen-bond donors (Lipinski definition) is 1. The Bertz CT molecular complexity index is 43.7. The zero-order valence-corrected chi connectivity index (χ0v) is 6.07. The van der Waals surface area contributed by atoms with E-state index in [9.17, 15) is 0 Å². The average Bonchev–Trinajstić information content (AvgIpc) is 1.83. The van der Waals surface area contributed by atoms with E-state index < -0.39 is 0 Å². The minimum Gasteiger partial charge on any atom is -0.310 e. The lowest BCUT2D eigenvalue weighted by Crippen LogP contribution is -2.21. The Labute approximate surface area is 52.5 Å². The standard InChI is InChI=1S/C7H16N/c1-4-6-8-7(3)5-2/h6-8H,4-5H2,1-3H3. The molecule has 0 aromatic carbocycles. The molecule has 1 atom stereocenters. The van der Waals surface area contributed by atoms with Crippen LogP contribution in [0, 0.1) is 6.54 Å². The van der Waals surface area contributed by atoms with Crippen LogP contribution >= 0.6 is 0 Å². The van der Waals surface area contributed by atoms with Crippen molar-refractivity contribution in [1.29, 1.82) is 0 Å². The van der Waals surface area contributed by atoms with Crippen molar-refractivity contribution in [2.24, 2.45) is 0 Å². The van der Waals surface area contributed by atoms with Gasteiger partial charge in [-0.1, -0.05) is 13.8 Å². The van der Waals surface area contributed by atoms with Crippen LogP contribution < -0.4 is 5.32 Å². The summed E-state index contributed by atoms with van der Waals surface area (Å²) in [6, 6.07) is 0.648. The van der Waals surface area contributed by atoms with Gasteiger partial charge in [0.2, 0.25) is 0 Å². The van der Waals surface area contributed by atoms with Crippen LogP contribution in [-0.2, 0) is 0 Å². The van der Waals surface area contributed by atoms with E-state index in [1.807, 2.05) is 0 Å². The number of nitrogens with one attached hydrogen (secondary N) is 1. The molecule has 0 saturated carbocycles. The zero-order valence-electron chi connectivity index (χ0n) is 6.07. The molecule has 0 aliphatic heterocycles. The molecule has 0 aromatic heterocycles. The zero-order chi connectivity index (χ0) is 6.41. The van der Waals surface area contributed by atoms with E-state index in [1.54, 1.807) is 0 Å². The van der Waals surface area contributed by atoms with Gasteiger partial charge in [-0.2, -0.15) is 0 Å². The van der Waals surface area contributed by atoms with Gasteiger partial charge >= 0.3 is 0 Å². The Kier molecular flexibility index (Phi) is 5.08. The number of rotatable bonds is 4. The van der Waals surface area contributed by atoms with Crippen molar-refractivity contribution in [2.75, 3.05) is 0 Å². The smallest absolute Gasteiger partial charge is 0.0221 e. The summed E-state index contributed by atoms with van der Waals surface area (Å²) in [6.07, 6.45) is 2.32. The van der Waals surface area contributed by atoms with Gasteiger partial charge in [-0.3, -0.25) is 0 Å². The fourth-order valence-electron chi connectivity index (χ4n) is 0.437. The average molecular weight is 114 g/mol. The Morgan fingerprint density at radius 2 is 2.12 bits per heavy atom. The molecule has 0 aromatic rings. The highest BCUT2D eigenvalue weighted by Crippen LogP contribution is 1.89. The molecule has 0 fully saturated rings. The lowest BCUT2D eigenvalue weighted by Gasteiger charge is -2.07. The molecule has 1 unspecified atom stereocenters. The lowest BCUT2D eigenvalue weighted by molar-refractivity contribution is 0.579. The summed E-state index contributed by atoms with van der Waals surface area (Å²) in [5.41, 5.74) is 0.